The average Bonchev–Trinajstić information content (AvgIpc) is 3.37. The Labute approximate surface area is 241 Å². The normalized spacial score (nSPS) is 45.4. The number of hydrogen-bond donors (Lipinski definition) is 1. The van der Waals surface area contributed by atoms with Gasteiger partial charge in [-0.3, -0.25) is 14.4 Å². The Hall–Kier alpha value is -1.97. The van der Waals surface area contributed by atoms with Crippen LogP contribution in [-0.4, -0.2) is 65.2 Å². The maximum Gasteiger partial charge on any atom is 0.309 e. The number of ketones is 2. The van der Waals surface area contributed by atoms with Crippen molar-refractivity contribution >= 4 is 17.5 Å². The summed E-state index contributed by atoms with van der Waals surface area (Å²) in [6.45, 7) is 10.6. The van der Waals surface area contributed by atoms with Crippen molar-refractivity contribution in [3.63, 3.8) is 0 Å². The highest BCUT2D eigenvalue weighted by molar-refractivity contribution is 6.01. The van der Waals surface area contributed by atoms with Crippen molar-refractivity contribution in [3.8, 4) is 0 Å². The lowest BCUT2D eigenvalue weighted by atomic mass is 9.44. The molecule has 1 heterocycles. The van der Waals surface area contributed by atoms with Gasteiger partial charge in [0.1, 0.15) is 6.17 Å². The van der Waals surface area contributed by atoms with Crippen LogP contribution in [-0.2, 0) is 28.6 Å². The minimum atomic E-state index is -2.27. The molecule has 4 fully saturated rings. The highest BCUT2D eigenvalue weighted by atomic mass is 19.1. The molecule has 4 aliphatic carbocycles. The number of aliphatic hydroxyl groups excluding tert-OH is 1. The minimum Gasteiger partial charge on any atom is -0.457 e. The number of hydrogen-bond acceptors (Lipinski definition) is 7. The molecule has 41 heavy (non-hydrogen) atoms. The number of allylic oxidation sites excluding steroid dienone is 4. The molecule has 0 radical (unpaired) electrons. The molecule has 1 saturated heterocycles. The summed E-state index contributed by atoms with van der Waals surface area (Å²) in [4.78, 5) is 39.0. The zero-order chi connectivity index (χ0) is 30.1. The van der Waals surface area contributed by atoms with Crippen LogP contribution in [0.2, 0.25) is 0 Å². The molecule has 9 heteroatoms. The van der Waals surface area contributed by atoms with Crippen LogP contribution in [0.15, 0.2) is 23.8 Å². The molecule has 0 aromatic heterocycles. The molecule has 1 unspecified atom stereocenters. The van der Waals surface area contributed by atoms with Crippen molar-refractivity contribution in [2.24, 2.45) is 34.5 Å². The van der Waals surface area contributed by atoms with E-state index in [9.17, 15) is 19.5 Å². The van der Waals surface area contributed by atoms with Crippen molar-refractivity contribution in [1.29, 1.82) is 0 Å². The van der Waals surface area contributed by atoms with E-state index < -0.39 is 82.7 Å². The third kappa shape index (κ3) is 4.23. The summed E-state index contributed by atoms with van der Waals surface area (Å²) in [6.07, 6.45) is 0.997. The molecule has 7 nitrogen and oxygen atoms in total. The number of carbonyl (C=O) groups is 3. The molecule has 0 bridgehead atoms. The van der Waals surface area contributed by atoms with Gasteiger partial charge in [-0.05, 0) is 68.6 Å². The first kappa shape index (κ1) is 30.5. The Kier molecular flexibility index (Phi) is 7.69. The van der Waals surface area contributed by atoms with E-state index in [4.69, 9.17) is 14.2 Å². The number of carbonyl (C=O) groups excluding carboxylic acids is 3. The van der Waals surface area contributed by atoms with E-state index in [1.807, 2.05) is 20.8 Å². The van der Waals surface area contributed by atoms with E-state index in [1.54, 1.807) is 20.8 Å². The smallest absolute Gasteiger partial charge is 0.309 e. The highest BCUT2D eigenvalue weighted by Crippen LogP contribution is 2.72. The van der Waals surface area contributed by atoms with E-state index in [-0.39, 0.29) is 36.7 Å². The molecular weight excluding hydrogens is 534 g/mol. The third-order valence-corrected chi connectivity index (χ3v) is 10.9. The summed E-state index contributed by atoms with van der Waals surface area (Å²) >= 11 is 0. The van der Waals surface area contributed by atoms with Crippen LogP contribution in [0.4, 0.5) is 8.78 Å². The van der Waals surface area contributed by atoms with Crippen molar-refractivity contribution in [2.45, 2.75) is 116 Å². The van der Waals surface area contributed by atoms with Gasteiger partial charge >= 0.3 is 5.97 Å². The SMILES string of the molecule is CCCC1O[C@@H]2C[C@H]3[C@@H]4C[C@H](F)C5=CC(=O)C=C[C@]5(C)[C@@]4(F)[C@@H](O)C[C@]3(C)[C@]2(C(=O)COC(=O)[C@@H](C)CC(C)C)O1. The van der Waals surface area contributed by atoms with E-state index in [0.29, 0.717) is 12.8 Å². The summed E-state index contributed by atoms with van der Waals surface area (Å²) in [5, 5.41) is 11.7. The Morgan fingerprint density at radius 2 is 1.90 bits per heavy atom. The molecule has 0 amide bonds. The quantitative estimate of drug-likeness (QED) is 0.405. The number of Topliss-reactive ketones (excluding diaryl/α,β-unsaturated/α-hetero) is 1. The number of alkyl halides is 2. The van der Waals surface area contributed by atoms with Gasteiger partial charge in [0.25, 0.3) is 0 Å². The second kappa shape index (κ2) is 10.3. The summed E-state index contributed by atoms with van der Waals surface area (Å²) in [7, 11) is 0. The Balaban J connectivity index is 1.51. The number of halogens is 2. The first-order valence-corrected chi connectivity index (χ1v) is 15.1. The van der Waals surface area contributed by atoms with Crippen LogP contribution in [0.25, 0.3) is 0 Å². The second-order valence-electron chi connectivity index (χ2n) is 13.9. The molecule has 1 aliphatic heterocycles. The lowest BCUT2D eigenvalue weighted by molar-refractivity contribution is -0.235. The predicted molar refractivity (Wildman–Crippen MR) is 146 cm³/mol. The number of fused-ring (bicyclic) bond motifs is 7. The Morgan fingerprint density at radius 3 is 2.56 bits per heavy atom. The van der Waals surface area contributed by atoms with Crippen LogP contribution >= 0.6 is 0 Å². The van der Waals surface area contributed by atoms with Crippen LogP contribution in [0.3, 0.4) is 0 Å². The first-order chi connectivity index (χ1) is 19.2. The molecule has 1 N–H and O–H groups in total. The zero-order valence-electron chi connectivity index (χ0n) is 25.0. The summed E-state index contributed by atoms with van der Waals surface area (Å²) in [6, 6.07) is 0. The van der Waals surface area contributed by atoms with Gasteiger partial charge in [-0.2, -0.15) is 0 Å². The van der Waals surface area contributed by atoms with E-state index in [0.717, 1.165) is 12.5 Å². The van der Waals surface area contributed by atoms with Gasteiger partial charge in [-0.15, -0.1) is 0 Å². The lowest BCUT2D eigenvalue weighted by Crippen LogP contribution is -2.71. The second-order valence-corrected chi connectivity index (χ2v) is 13.9. The number of aliphatic hydroxyl groups is 1. The van der Waals surface area contributed by atoms with Gasteiger partial charge in [0.05, 0.1) is 18.1 Å². The fourth-order valence-electron chi connectivity index (χ4n) is 9.08. The van der Waals surface area contributed by atoms with Gasteiger partial charge < -0.3 is 19.3 Å². The summed E-state index contributed by atoms with van der Waals surface area (Å²) in [5.41, 5.74) is -6.44. The molecule has 5 aliphatic rings. The van der Waals surface area contributed by atoms with Crippen molar-refractivity contribution in [1.82, 2.24) is 0 Å². The zero-order valence-corrected chi connectivity index (χ0v) is 25.0. The Bertz CT molecular complexity index is 1170. The molecule has 0 spiro atoms. The molecule has 5 rings (SSSR count). The third-order valence-electron chi connectivity index (χ3n) is 10.9. The number of ether oxygens (including phenoxy) is 3. The van der Waals surface area contributed by atoms with E-state index in [2.05, 4.69) is 0 Å². The molecule has 3 saturated carbocycles. The van der Waals surface area contributed by atoms with Crippen LogP contribution in [0, 0.1) is 34.5 Å². The van der Waals surface area contributed by atoms with Crippen molar-refractivity contribution in [3.05, 3.63) is 23.8 Å². The fraction of sp³-hybridized carbons (Fsp3) is 0.781. The maximum atomic E-state index is 17.5. The molecular formula is C32H44F2O7. The lowest BCUT2D eigenvalue weighted by Gasteiger charge is -2.63. The number of rotatable bonds is 8. The predicted octanol–water partition coefficient (Wildman–Crippen LogP) is 4.99. The van der Waals surface area contributed by atoms with Gasteiger partial charge in [0, 0.05) is 16.7 Å². The topological polar surface area (TPSA) is 99.1 Å². The maximum absolute atomic E-state index is 17.5. The van der Waals surface area contributed by atoms with Gasteiger partial charge in [0.2, 0.25) is 5.78 Å². The van der Waals surface area contributed by atoms with Crippen LogP contribution in [0.1, 0.15) is 80.1 Å². The summed E-state index contributed by atoms with van der Waals surface area (Å²) < 4.78 is 51.6. The van der Waals surface area contributed by atoms with Crippen LogP contribution < -0.4 is 0 Å². The monoisotopic (exact) mass is 578 g/mol. The van der Waals surface area contributed by atoms with Crippen LogP contribution in [0.5, 0.6) is 0 Å². The van der Waals surface area contributed by atoms with Gasteiger partial charge in [0.15, 0.2) is 29.9 Å². The summed E-state index contributed by atoms with van der Waals surface area (Å²) in [5.74, 6) is -3.00. The highest BCUT2D eigenvalue weighted by Gasteiger charge is 2.80. The van der Waals surface area contributed by atoms with Gasteiger partial charge in [-0.1, -0.05) is 47.1 Å². The average molecular weight is 579 g/mol. The van der Waals surface area contributed by atoms with E-state index in [1.165, 1.54) is 12.2 Å². The fourth-order valence-corrected chi connectivity index (χ4v) is 9.08. The van der Waals surface area contributed by atoms with Crippen molar-refractivity contribution in [2.75, 3.05) is 6.61 Å². The first-order valence-electron chi connectivity index (χ1n) is 15.1. The molecule has 228 valence electrons. The van der Waals surface area contributed by atoms with E-state index >= 15 is 8.78 Å². The molecule has 0 aromatic rings. The molecule has 11 atom stereocenters. The Morgan fingerprint density at radius 1 is 1.20 bits per heavy atom. The van der Waals surface area contributed by atoms with Crippen molar-refractivity contribution < 1.29 is 42.5 Å². The number of esters is 1. The molecule has 0 aromatic carbocycles. The standard InChI is InChI=1S/C32H44F2O7/c1-7-8-27-40-26-14-20-21-13-23(33)22-12-19(35)9-10-29(22,5)31(21,34)24(36)15-30(20,6)32(26,41-27)25(37)16-39-28(38)18(4)11-17(2)3/h9-10,12,17-18,20-21,23-24,26-27,36H,7-8,11,13-16H2,1-6H3/t18-,20-,21-,23-,24-,26+,27?,29-,30-,31-,32+/m0/s1. The largest absolute Gasteiger partial charge is 0.457 e. The minimum absolute atomic E-state index is 0.0494. The van der Waals surface area contributed by atoms with Gasteiger partial charge in [-0.25, -0.2) is 8.78 Å².